The van der Waals surface area contributed by atoms with Gasteiger partial charge < -0.3 is 15.2 Å². The zero-order valence-electron chi connectivity index (χ0n) is 14.5. The van der Waals surface area contributed by atoms with Gasteiger partial charge in [0.25, 0.3) is 0 Å². The van der Waals surface area contributed by atoms with Gasteiger partial charge >= 0.3 is 0 Å². The standard InChI is InChI=1S/C16H25ClN2O4S.ClH/c1-12(10-18)19(2)24(20,21)16-9-13(17)6-7-15(16)23-11-14-5-3-4-8-22-14;/h6-7,9,12,14H,3-5,8,10-11,18H2,1-2H3;1H. The molecule has 2 unspecified atom stereocenters. The van der Waals surface area contributed by atoms with Crippen LogP contribution < -0.4 is 10.5 Å². The van der Waals surface area contributed by atoms with Crippen molar-refractivity contribution < 1.29 is 17.9 Å². The second-order valence-electron chi connectivity index (χ2n) is 6.00. The predicted octanol–water partition coefficient (Wildman–Crippen LogP) is 2.68. The molecule has 1 fully saturated rings. The average molecular weight is 413 g/mol. The van der Waals surface area contributed by atoms with Crippen LogP contribution in [0.25, 0.3) is 0 Å². The fraction of sp³-hybridized carbons (Fsp3) is 0.625. The van der Waals surface area contributed by atoms with Crippen LogP contribution in [-0.2, 0) is 14.8 Å². The van der Waals surface area contributed by atoms with Crippen molar-refractivity contribution in [2.45, 2.75) is 43.2 Å². The highest BCUT2D eigenvalue weighted by Crippen LogP contribution is 2.30. The molecule has 2 atom stereocenters. The largest absolute Gasteiger partial charge is 0.489 e. The van der Waals surface area contributed by atoms with E-state index in [1.54, 1.807) is 19.1 Å². The Morgan fingerprint density at radius 3 is 2.76 bits per heavy atom. The molecule has 1 aromatic rings. The Hall–Kier alpha value is -0.570. The number of nitrogens with zero attached hydrogens (tertiary/aromatic N) is 1. The lowest BCUT2D eigenvalue weighted by molar-refractivity contribution is -0.0116. The van der Waals surface area contributed by atoms with Crippen molar-refractivity contribution in [2.75, 3.05) is 26.8 Å². The normalized spacial score (nSPS) is 19.3. The molecule has 2 rings (SSSR count). The molecule has 0 amide bonds. The van der Waals surface area contributed by atoms with E-state index < -0.39 is 10.0 Å². The van der Waals surface area contributed by atoms with Gasteiger partial charge in [0, 0.05) is 31.3 Å². The molecule has 0 bridgehead atoms. The third-order valence-electron chi connectivity index (χ3n) is 4.22. The lowest BCUT2D eigenvalue weighted by atomic mass is 10.1. The van der Waals surface area contributed by atoms with Gasteiger partial charge in [0.2, 0.25) is 10.0 Å². The van der Waals surface area contributed by atoms with Crippen LogP contribution in [0.4, 0.5) is 0 Å². The number of likely N-dealkylation sites (N-methyl/N-ethyl adjacent to an activating group) is 1. The molecule has 144 valence electrons. The molecule has 0 aliphatic carbocycles. The molecule has 6 nitrogen and oxygen atoms in total. The minimum absolute atomic E-state index is 0. The maximum atomic E-state index is 12.9. The van der Waals surface area contributed by atoms with Crippen LogP contribution in [0.2, 0.25) is 5.02 Å². The summed E-state index contributed by atoms with van der Waals surface area (Å²) in [4.78, 5) is 0.0496. The summed E-state index contributed by atoms with van der Waals surface area (Å²) in [6.45, 7) is 3.01. The Labute approximate surface area is 161 Å². The van der Waals surface area contributed by atoms with E-state index in [1.807, 2.05) is 0 Å². The first-order valence-electron chi connectivity index (χ1n) is 8.08. The van der Waals surface area contributed by atoms with Crippen LogP contribution >= 0.6 is 24.0 Å². The molecule has 1 aliphatic rings. The summed E-state index contributed by atoms with van der Waals surface area (Å²) in [7, 11) is -2.25. The quantitative estimate of drug-likeness (QED) is 0.743. The van der Waals surface area contributed by atoms with Crippen molar-refractivity contribution in [1.29, 1.82) is 0 Å². The molecule has 2 N–H and O–H groups in total. The first-order valence-corrected chi connectivity index (χ1v) is 9.90. The van der Waals surface area contributed by atoms with E-state index in [0.717, 1.165) is 25.9 Å². The molecular weight excluding hydrogens is 387 g/mol. The van der Waals surface area contributed by atoms with Gasteiger partial charge in [-0.1, -0.05) is 11.6 Å². The van der Waals surface area contributed by atoms with E-state index in [1.165, 1.54) is 17.4 Å². The lowest BCUT2D eigenvalue weighted by Crippen LogP contribution is -2.39. The molecule has 25 heavy (non-hydrogen) atoms. The average Bonchev–Trinajstić information content (AvgIpc) is 2.60. The Kier molecular flexibility index (Phi) is 8.94. The molecule has 0 spiro atoms. The second-order valence-corrected chi connectivity index (χ2v) is 8.40. The summed E-state index contributed by atoms with van der Waals surface area (Å²) in [6, 6.07) is 4.28. The van der Waals surface area contributed by atoms with Crippen LogP contribution in [0.15, 0.2) is 23.1 Å². The summed E-state index contributed by atoms with van der Waals surface area (Å²) >= 11 is 6.00. The highest BCUT2D eigenvalue weighted by atomic mass is 35.5. The fourth-order valence-electron chi connectivity index (χ4n) is 2.46. The number of ether oxygens (including phenoxy) is 2. The number of rotatable bonds is 7. The Balaban J connectivity index is 0.00000312. The highest BCUT2D eigenvalue weighted by molar-refractivity contribution is 7.89. The molecular formula is C16H26Cl2N2O4S. The SMILES string of the molecule is CC(CN)N(C)S(=O)(=O)c1cc(Cl)ccc1OCC1CCCCO1.Cl. The van der Waals surface area contributed by atoms with E-state index in [9.17, 15) is 8.42 Å². The molecule has 1 heterocycles. The summed E-state index contributed by atoms with van der Waals surface area (Å²) in [5.74, 6) is 0.282. The summed E-state index contributed by atoms with van der Waals surface area (Å²) in [5.41, 5.74) is 5.59. The number of nitrogens with two attached hydrogens (primary N) is 1. The molecule has 1 saturated heterocycles. The van der Waals surface area contributed by atoms with Gasteiger partial charge in [0.15, 0.2) is 0 Å². The molecule has 1 aliphatic heterocycles. The Morgan fingerprint density at radius 1 is 1.44 bits per heavy atom. The van der Waals surface area contributed by atoms with Crippen LogP contribution in [0.3, 0.4) is 0 Å². The number of hydrogen-bond acceptors (Lipinski definition) is 5. The van der Waals surface area contributed by atoms with Crippen LogP contribution in [0, 0.1) is 0 Å². The highest BCUT2D eigenvalue weighted by Gasteiger charge is 2.28. The fourth-order valence-corrected chi connectivity index (χ4v) is 4.23. The van der Waals surface area contributed by atoms with Gasteiger partial charge in [-0.2, -0.15) is 4.31 Å². The first kappa shape index (κ1) is 22.5. The maximum Gasteiger partial charge on any atom is 0.246 e. The van der Waals surface area contributed by atoms with Crippen molar-refractivity contribution in [3.8, 4) is 5.75 Å². The minimum Gasteiger partial charge on any atom is -0.489 e. The Morgan fingerprint density at radius 2 is 2.16 bits per heavy atom. The summed E-state index contributed by atoms with van der Waals surface area (Å²) in [6.07, 6.45) is 3.06. The molecule has 0 saturated carbocycles. The van der Waals surface area contributed by atoms with Gasteiger partial charge in [-0.3, -0.25) is 0 Å². The second kappa shape index (κ2) is 9.94. The molecule has 1 aromatic carbocycles. The van der Waals surface area contributed by atoms with Gasteiger partial charge in [0.1, 0.15) is 17.3 Å². The van der Waals surface area contributed by atoms with Crippen molar-refractivity contribution >= 4 is 34.0 Å². The summed E-state index contributed by atoms with van der Waals surface area (Å²) < 4.78 is 38.3. The zero-order chi connectivity index (χ0) is 17.7. The van der Waals surface area contributed by atoms with Gasteiger partial charge in [0.05, 0.1) is 6.10 Å². The topological polar surface area (TPSA) is 81.9 Å². The summed E-state index contributed by atoms with van der Waals surface area (Å²) in [5, 5.41) is 0.337. The van der Waals surface area contributed by atoms with Gasteiger partial charge in [-0.25, -0.2) is 8.42 Å². The number of halogens is 2. The number of benzene rings is 1. The van der Waals surface area contributed by atoms with Crippen molar-refractivity contribution in [1.82, 2.24) is 4.31 Å². The third-order valence-corrected chi connectivity index (χ3v) is 6.45. The third kappa shape index (κ3) is 5.70. The van der Waals surface area contributed by atoms with Crippen LogP contribution in [0.1, 0.15) is 26.2 Å². The molecule has 9 heteroatoms. The van der Waals surface area contributed by atoms with Crippen molar-refractivity contribution in [3.63, 3.8) is 0 Å². The van der Waals surface area contributed by atoms with E-state index >= 15 is 0 Å². The van der Waals surface area contributed by atoms with Gasteiger partial charge in [-0.15, -0.1) is 12.4 Å². The minimum atomic E-state index is -3.75. The lowest BCUT2D eigenvalue weighted by Gasteiger charge is -2.26. The van der Waals surface area contributed by atoms with Crippen LogP contribution in [0.5, 0.6) is 5.75 Å². The smallest absolute Gasteiger partial charge is 0.246 e. The molecule has 0 aromatic heterocycles. The van der Waals surface area contributed by atoms with Gasteiger partial charge in [-0.05, 0) is 44.4 Å². The zero-order valence-corrected chi connectivity index (χ0v) is 16.9. The number of sulfonamides is 1. The van der Waals surface area contributed by atoms with Crippen LogP contribution in [-0.4, -0.2) is 51.7 Å². The van der Waals surface area contributed by atoms with E-state index in [4.69, 9.17) is 26.8 Å². The van der Waals surface area contributed by atoms with E-state index in [-0.39, 0.29) is 41.7 Å². The Bertz CT molecular complexity index is 652. The first-order chi connectivity index (χ1) is 11.4. The monoisotopic (exact) mass is 412 g/mol. The molecule has 0 radical (unpaired) electrons. The maximum absolute atomic E-state index is 12.9. The van der Waals surface area contributed by atoms with E-state index in [0.29, 0.717) is 11.6 Å². The number of hydrogen-bond donors (Lipinski definition) is 1. The van der Waals surface area contributed by atoms with E-state index in [2.05, 4.69) is 0 Å². The predicted molar refractivity (Wildman–Crippen MR) is 101 cm³/mol. The van der Waals surface area contributed by atoms with Crippen molar-refractivity contribution in [3.05, 3.63) is 23.2 Å². The van der Waals surface area contributed by atoms with Crippen molar-refractivity contribution in [2.24, 2.45) is 5.73 Å².